The zero-order valence-electron chi connectivity index (χ0n) is 16.7. The molecule has 1 heterocycles. The molecule has 2 atom stereocenters. The number of amides is 1. The summed E-state index contributed by atoms with van der Waals surface area (Å²) in [7, 11) is 4.70. The van der Waals surface area contributed by atoms with Gasteiger partial charge < -0.3 is 24.8 Å². The number of nitrogens with two attached hydrogens (primary N) is 1. The average molecular weight is 384 g/mol. The van der Waals surface area contributed by atoms with Crippen LogP contribution in [0.1, 0.15) is 17.0 Å². The maximum absolute atomic E-state index is 13.0. The molecule has 6 nitrogen and oxygen atoms in total. The van der Waals surface area contributed by atoms with E-state index in [4.69, 9.17) is 19.9 Å². The molecule has 1 amide bonds. The molecule has 0 radical (unpaired) electrons. The maximum atomic E-state index is 13.0. The monoisotopic (exact) mass is 384 g/mol. The zero-order valence-corrected chi connectivity index (χ0v) is 16.7. The number of benzene rings is 2. The molecular weight excluding hydrogens is 356 g/mol. The number of rotatable bonds is 7. The second-order valence-electron chi connectivity index (χ2n) is 7.02. The molecule has 0 bridgehead atoms. The van der Waals surface area contributed by atoms with Crippen molar-refractivity contribution < 1.29 is 19.0 Å². The fraction of sp³-hybridized carbons (Fsp3) is 0.409. The van der Waals surface area contributed by atoms with Gasteiger partial charge in [-0.25, -0.2) is 0 Å². The van der Waals surface area contributed by atoms with E-state index in [-0.39, 0.29) is 24.2 Å². The fourth-order valence-electron chi connectivity index (χ4n) is 3.92. The first kappa shape index (κ1) is 20.0. The Bertz CT molecular complexity index is 784. The Hall–Kier alpha value is -2.73. The number of likely N-dealkylation sites (tertiary alicyclic amines) is 1. The van der Waals surface area contributed by atoms with Gasteiger partial charge in [-0.15, -0.1) is 0 Å². The van der Waals surface area contributed by atoms with Gasteiger partial charge in [0, 0.05) is 19.0 Å². The average Bonchev–Trinajstić information content (AvgIpc) is 3.18. The van der Waals surface area contributed by atoms with Crippen LogP contribution >= 0.6 is 0 Å². The summed E-state index contributed by atoms with van der Waals surface area (Å²) in [6.45, 7) is 1.93. The Labute approximate surface area is 166 Å². The van der Waals surface area contributed by atoms with Crippen molar-refractivity contribution in [3.05, 3.63) is 53.6 Å². The van der Waals surface area contributed by atoms with Crippen LogP contribution in [0.5, 0.6) is 17.2 Å². The summed E-state index contributed by atoms with van der Waals surface area (Å²) >= 11 is 0. The molecule has 1 saturated heterocycles. The van der Waals surface area contributed by atoms with E-state index in [0.29, 0.717) is 36.9 Å². The molecule has 2 aromatic rings. The van der Waals surface area contributed by atoms with Crippen molar-refractivity contribution in [1.29, 1.82) is 0 Å². The summed E-state index contributed by atoms with van der Waals surface area (Å²) in [5, 5.41) is 0. The predicted molar refractivity (Wildman–Crippen MR) is 108 cm³/mol. The van der Waals surface area contributed by atoms with Gasteiger partial charge in [0.2, 0.25) is 11.7 Å². The van der Waals surface area contributed by atoms with Crippen LogP contribution in [0.4, 0.5) is 0 Å². The zero-order chi connectivity index (χ0) is 20.1. The van der Waals surface area contributed by atoms with E-state index in [1.165, 1.54) is 5.56 Å². The van der Waals surface area contributed by atoms with Gasteiger partial charge in [0.1, 0.15) is 0 Å². The first-order valence-electron chi connectivity index (χ1n) is 9.42. The summed E-state index contributed by atoms with van der Waals surface area (Å²) in [5.41, 5.74) is 8.06. The molecule has 0 aliphatic carbocycles. The van der Waals surface area contributed by atoms with Crippen LogP contribution in [-0.4, -0.2) is 51.8 Å². The van der Waals surface area contributed by atoms with Gasteiger partial charge in [0.15, 0.2) is 11.5 Å². The van der Waals surface area contributed by atoms with Crippen LogP contribution in [0.25, 0.3) is 0 Å². The molecule has 0 saturated carbocycles. The third kappa shape index (κ3) is 4.07. The van der Waals surface area contributed by atoms with E-state index in [9.17, 15) is 4.79 Å². The highest BCUT2D eigenvalue weighted by Gasteiger charge is 2.35. The molecule has 1 fully saturated rings. The van der Waals surface area contributed by atoms with Gasteiger partial charge in [-0.3, -0.25) is 4.79 Å². The molecular formula is C22H28N2O4. The van der Waals surface area contributed by atoms with E-state index >= 15 is 0 Å². The van der Waals surface area contributed by atoms with Crippen LogP contribution < -0.4 is 19.9 Å². The van der Waals surface area contributed by atoms with Crippen LogP contribution in [0, 0.1) is 5.92 Å². The number of hydrogen-bond donors (Lipinski definition) is 1. The lowest BCUT2D eigenvalue weighted by atomic mass is 9.89. The Balaban J connectivity index is 1.76. The number of carbonyl (C=O) groups is 1. The van der Waals surface area contributed by atoms with Crippen molar-refractivity contribution in [2.45, 2.75) is 12.3 Å². The first-order chi connectivity index (χ1) is 13.6. The normalized spacial score (nSPS) is 18.8. The smallest absolute Gasteiger partial charge is 0.227 e. The van der Waals surface area contributed by atoms with E-state index in [0.717, 1.165) is 5.56 Å². The van der Waals surface area contributed by atoms with Crippen molar-refractivity contribution in [3.8, 4) is 17.2 Å². The van der Waals surface area contributed by atoms with Gasteiger partial charge >= 0.3 is 0 Å². The second-order valence-corrected chi connectivity index (χ2v) is 7.02. The number of ether oxygens (including phenoxy) is 3. The molecule has 0 spiro atoms. The van der Waals surface area contributed by atoms with E-state index in [1.807, 2.05) is 35.2 Å². The van der Waals surface area contributed by atoms with Crippen molar-refractivity contribution >= 4 is 5.91 Å². The van der Waals surface area contributed by atoms with Gasteiger partial charge in [0.05, 0.1) is 27.8 Å². The number of methoxy groups -OCH3 is 3. The maximum Gasteiger partial charge on any atom is 0.227 e. The Kier molecular flexibility index (Phi) is 6.41. The summed E-state index contributed by atoms with van der Waals surface area (Å²) in [6.07, 6.45) is 0.273. The van der Waals surface area contributed by atoms with Gasteiger partial charge in [-0.1, -0.05) is 30.3 Å². The fourth-order valence-corrected chi connectivity index (χ4v) is 3.92. The molecule has 1 aliphatic rings. The highest BCUT2D eigenvalue weighted by atomic mass is 16.5. The number of hydrogen-bond acceptors (Lipinski definition) is 5. The summed E-state index contributed by atoms with van der Waals surface area (Å²) in [6, 6.07) is 13.9. The lowest BCUT2D eigenvalue weighted by Crippen LogP contribution is -2.31. The van der Waals surface area contributed by atoms with Gasteiger partial charge in [-0.2, -0.15) is 0 Å². The SMILES string of the molecule is COc1cc(CC(=O)N2C[C@@H](CN)[C@H](c3ccccc3)C2)cc(OC)c1OC. The molecule has 3 rings (SSSR count). The van der Waals surface area contributed by atoms with Crippen LogP contribution in [0.3, 0.4) is 0 Å². The lowest BCUT2D eigenvalue weighted by molar-refractivity contribution is -0.129. The molecule has 0 aromatic heterocycles. The minimum atomic E-state index is 0.0751. The van der Waals surface area contributed by atoms with Crippen LogP contribution in [0.2, 0.25) is 0 Å². The number of nitrogens with zero attached hydrogens (tertiary/aromatic N) is 1. The van der Waals surface area contributed by atoms with Crippen molar-refractivity contribution in [1.82, 2.24) is 4.90 Å². The Morgan fingerprint density at radius 1 is 1.04 bits per heavy atom. The topological polar surface area (TPSA) is 74.0 Å². The summed E-state index contributed by atoms with van der Waals surface area (Å²) < 4.78 is 16.1. The third-order valence-electron chi connectivity index (χ3n) is 5.40. The number of carbonyl (C=O) groups excluding carboxylic acids is 1. The molecule has 0 unspecified atom stereocenters. The van der Waals surface area contributed by atoms with Crippen LogP contribution in [-0.2, 0) is 11.2 Å². The van der Waals surface area contributed by atoms with Crippen molar-refractivity contribution in [2.24, 2.45) is 11.7 Å². The van der Waals surface area contributed by atoms with Gasteiger partial charge in [-0.05, 0) is 35.7 Å². The standard InChI is InChI=1S/C22H28N2O4/c1-26-19-9-15(10-20(27-2)22(19)28-3)11-21(25)24-13-17(12-23)18(14-24)16-7-5-4-6-8-16/h4-10,17-18H,11-14,23H2,1-3H3/t17-,18+/m1/s1. The molecule has 2 N–H and O–H groups in total. The quantitative estimate of drug-likeness (QED) is 0.794. The van der Waals surface area contributed by atoms with E-state index in [1.54, 1.807) is 21.3 Å². The molecule has 2 aromatic carbocycles. The van der Waals surface area contributed by atoms with E-state index in [2.05, 4.69) is 12.1 Å². The molecule has 1 aliphatic heterocycles. The second kappa shape index (κ2) is 8.97. The highest BCUT2D eigenvalue weighted by molar-refractivity contribution is 5.80. The first-order valence-corrected chi connectivity index (χ1v) is 9.42. The predicted octanol–water partition coefficient (Wildman–Crippen LogP) is 2.46. The molecule has 28 heavy (non-hydrogen) atoms. The summed E-state index contributed by atoms with van der Waals surface area (Å²) in [5.74, 6) is 2.24. The van der Waals surface area contributed by atoms with Crippen molar-refractivity contribution in [2.75, 3.05) is 41.0 Å². The minimum Gasteiger partial charge on any atom is -0.493 e. The highest BCUT2D eigenvalue weighted by Crippen LogP contribution is 2.39. The lowest BCUT2D eigenvalue weighted by Gasteiger charge is -2.18. The largest absolute Gasteiger partial charge is 0.493 e. The van der Waals surface area contributed by atoms with Gasteiger partial charge in [0.25, 0.3) is 0 Å². The third-order valence-corrected chi connectivity index (χ3v) is 5.40. The minimum absolute atomic E-state index is 0.0751. The van der Waals surface area contributed by atoms with Crippen LogP contribution in [0.15, 0.2) is 42.5 Å². The van der Waals surface area contributed by atoms with Crippen molar-refractivity contribution in [3.63, 3.8) is 0 Å². The molecule has 150 valence electrons. The Morgan fingerprint density at radius 3 is 2.21 bits per heavy atom. The summed E-state index contributed by atoms with van der Waals surface area (Å²) in [4.78, 5) is 14.9. The molecule has 6 heteroatoms. The Morgan fingerprint density at radius 2 is 1.68 bits per heavy atom. The van der Waals surface area contributed by atoms with E-state index < -0.39 is 0 Å².